The number of fused-ring (bicyclic) bond motifs is 3. The first-order valence-electron chi connectivity index (χ1n) is 11.1. The number of hydrogen-bond acceptors (Lipinski definition) is 5. The number of nitrogens with two attached hydrogens (primary N) is 1. The number of nitrogens with one attached hydrogen (secondary N) is 2. The van der Waals surface area contributed by atoms with Gasteiger partial charge in [-0.1, -0.05) is 62.4 Å². The maximum atomic E-state index is 12.7. The van der Waals surface area contributed by atoms with E-state index in [9.17, 15) is 24.3 Å². The van der Waals surface area contributed by atoms with E-state index < -0.39 is 42.4 Å². The molecule has 9 heteroatoms. The van der Waals surface area contributed by atoms with Gasteiger partial charge >= 0.3 is 12.1 Å². The fraction of sp³-hybridized carbons (Fsp3) is 0.360. The van der Waals surface area contributed by atoms with Gasteiger partial charge in [-0.15, -0.1) is 0 Å². The molecule has 2 aromatic rings. The molecular formula is C25H29N3O6. The van der Waals surface area contributed by atoms with Crippen LogP contribution in [0.3, 0.4) is 0 Å². The van der Waals surface area contributed by atoms with Crippen molar-refractivity contribution in [3.05, 3.63) is 59.7 Å². The Kier molecular flexibility index (Phi) is 7.88. The Balaban J connectivity index is 1.67. The summed E-state index contributed by atoms with van der Waals surface area (Å²) < 4.78 is 5.50. The highest BCUT2D eigenvalue weighted by molar-refractivity contribution is 5.91. The van der Waals surface area contributed by atoms with E-state index >= 15 is 0 Å². The van der Waals surface area contributed by atoms with Gasteiger partial charge in [0.25, 0.3) is 0 Å². The number of hydrogen-bond donors (Lipinski definition) is 4. The first-order chi connectivity index (χ1) is 16.2. The Morgan fingerprint density at radius 1 is 0.941 bits per heavy atom. The van der Waals surface area contributed by atoms with E-state index in [1.807, 2.05) is 62.4 Å². The molecule has 0 aliphatic heterocycles. The lowest BCUT2D eigenvalue weighted by atomic mass is 9.98. The molecule has 2 aromatic carbocycles. The van der Waals surface area contributed by atoms with Crippen LogP contribution in [0.25, 0.3) is 11.1 Å². The van der Waals surface area contributed by atoms with E-state index in [-0.39, 0.29) is 24.9 Å². The number of carbonyl (C=O) groups is 4. The van der Waals surface area contributed by atoms with Crippen molar-refractivity contribution < 1.29 is 29.0 Å². The lowest BCUT2D eigenvalue weighted by Gasteiger charge is -2.22. The zero-order valence-corrected chi connectivity index (χ0v) is 19.1. The Labute approximate surface area is 197 Å². The van der Waals surface area contributed by atoms with Crippen LogP contribution in [0, 0.1) is 5.92 Å². The van der Waals surface area contributed by atoms with Crippen molar-refractivity contribution in [1.82, 2.24) is 10.6 Å². The summed E-state index contributed by atoms with van der Waals surface area (Å²) in [6, 6.07) is 13.3. The SMILES string of the molecule is CC(C)C[C@H](NC(=O)OCC1c2ccccc2-c2ccccc21)C(=O)N[C@@H](CC(N)=O)C(=O)O. The molecule has 3 amide bonds. The van der Waals surface area contributed by atoms with E-state index in [0.717, 1.165) is 22.3 Å². The molecule has 34 heavy (non-hydrogen) atoms. The molecule has 2 atom stereocenters. The number of ether oxygens (including phenoxy) is 1. The van der Waals surface area contributed by atoms with Gasteiger partial charge in [0, 0.05) is 5.92 Å². The predicted molar refractivity (Wildman–Crippen MR) is 125 cm³/mol. The van der Waals surface area contributed by atoms with Crippen molar-refractivity contribution in [2.45, 2.75) is 44.7 Å². The second-order valence-electron chi connectivity index (χ2n) is 8.72. The molecule has 5 N–H and O–H groups in total. The zero-order valence-electron chi connectivity index (χ0n) is 19.1. The lowest BCUT2D eigenvalue weighted by Crippen LogP contribution is -2.53. The lowest BCUT2D eigenvalue weighted by molar-refractivity contribution is -0.143. The number of amides is 3. The van der Waals surface area contributed by atoms with E-state index in [1.165, 1.54) is 0 Å². The minimum atomic E-state index is -1.48. The van der Waals surface area contributed by atoms with Crippen molar-refractivity contribution >= 4 is 23.9 Å². The van der Waals surface area contributed by atoms with Crippen LogP contribution in [0.1, 0.15) is 43.7 Å². The summed E-state index contributed by atoms with van der Waals surface area (Å²) in [5.74, 6) is -3.10. The quantitative estimate of drug-likeness (QED) is 0.422. The van der Waals surface area contributed by atoms with Gasteiger partial charge in [-0.3, -0.25) is 9.59 Å². The monoisotopic (exact) mass is 467 g/mol. The van der Waals surface area contributed by atoms with Crippen LogP contribution < -0.4 is 16.4 Å². The van der Waals surface area contributed by atoms with Crippen LogP contribution in [0.2, 0.25) is 0 Å². The van der Waals surface area contributed by atoms with Crippen LogP contribution >= 0.6 is 0 Å². The van der Waals surface area contributed by atoms with E-state index in [0.29, 0.717) is 0 Å². The topological polar surface area (TPSA) is 148 Å². The molecule has 1 aliphatic carbocycles. The van der Waals surface area contributed by atoms with Gasteiger partial charge in [0.15, 0.2) is 0 Å². The number of carboxylic acids is 1. The van der Waals surface area contributed by atoms with Crippen LogP contribution in [-0.2, 0) is 19.1 Å². The first kappa shape index (κ1) is 24.8. The van der Waals surface area contributed by atoms with Gasteiger partial charge in [-0.25, -0.2) is 9.59 Å². The highest BCUT2D eigenvalue weighted by Crippen LogP contribution is 2.44. The largest absolute Gasteiger partial charge is 0.480 e. The second-order valence-corrected chi connectivity index (χ2v) is 8.72. The third-order valence-electron chi connectivity index (χ3n) is 5.68. The van der Waals surface area contributed by atoms with Gasteiger partial charge in [0.2, 0.25) is 11.8 Å². The van der Waals surface area contributed by atoms with Gasteiger partial charge in [-0.2, -0.15) is 0 Å². The number of carboxylic acid groups (broad SMARTS) is 1. The number of carbonyl (C=O) groups excluding carboxylic acids is 3. The minimum Gasteiger partial charge on any atom is -0.480 e. The second kappa shape index (κ2) is 10.8. The number of benzene rings is 2. The average molecular weight is 468 g/mol. The molecule has 1 aliphatic rings. The molecule has 0 fully saturated rings. The molecule has 0 bridgehead atoms. The molecule has 0 saturated carbocycles. The van der Waals surface area contributed by atoms with E-state index in [1.54, 1.807) is 0 Å². The summed E-state index contributed by atoms with van der Waals surface area (Å²) in [5.41, 5.74) is 9.38. The summed E-state index contributed by atoms with van der Waals surface area (Å²) >= 11 is 0. The maximum absolute atomic E-state index is 12.7. The molecule has 3 rings (SSSR count). The van der Waals surface area contributed by atoms with Gasteiger partial charge in [-0.05, 0) is 34.6 Å². The van der Waals surface area contributed by atoms with Gasteiger partial charge in [0.1, 0.15) is 18.7 Å². The Morgan fingerprint density at radius 3 is 2.00 bits per heavy atom. The minimum absolute atomic E-state index is 0.0176. The highest BCUT2D eigenvalue weighted by atomic mass is 16.5. The molecule has 0 radical (unpaired) electrons. The Bertz CT molecular complexity index is 1040. The fourth-order valence-corrected chi connectivity index (χ4v) is 4.16. The molecule has 0 spiro atoms. The molecule has 0 aromatic heterocycles. The summed E-state index contributed by atoms with van der Waals surface area (Å²) in [7, 11) is 0. The molecular weight excluding hydrogens is 438 g/mol. The predicted octanol–water partition coefficient (Wildman–Crippen LogP) is 2.38. The normalized spacial score (nSPS) is 14.0. The van der Waals surface area contributed by atoms with Crippen molar-refractivity contribution in [2.24, 2.45) is 11.7 Å². The van der Waals surface area contributed by atoms with Crippen LogP contribution in [0.4, 0.5) is 4.79 Å². The van der Waals surface area contributed by atoms with Crippen molar-refractivity contribution in [3.63, 3.8) is 0 Å². The number of alkyl carbamates (subject to hydrolysis) is 1. The van der Waals surface area contributed by atoms with Crippen molar-refractivity contribution in [3.8, 4) is 11.1 Å². The summed E-state index contributed by atoms with van der Waals surface area (Å²) in [6.45, 7) is 3.80. The standard InChI is InChI=1S/C25H29N3O6/c1-14(2)11-20(23(30)27-21(24(31)32)12-22(26)29)28-25(33)34-13-19-17-9-5-3-7-15(17)16-8-4-6-10-18(16)19/h3-10,14,19-21H,11-13H2,1-2H3,(H2,26,29)(H,27,30)(H,28,33)(H,31,32)/t20-,21-/m0/s1. The number of rotatable bonds is 10. The van der Waals surface area contributed by atoms with Crippen LogP contribution in [0.5, 0.6) is 0 Å². The Hall–Kier alpha value is -3.88. The fourth-order valence-electron chi connectivity index (χ4n) is 4.16. The van der Waals surface area contributed by atoms with Crippen molar-refractivity contribution in [2.75, 3.05) is 6.61 Å². The number of primary amides is 1. The summed E-state index contributed by atoms with van der Waals surface area (Å²) in [5, 5.41) is 14.1. The Morgan fingerprint density at radius 2 is 1.50 bits per heavy atom. The molecule has 0 heterocycles. The highest BCUT2D eigenvalue weighted by Gasteiger charge is 2.31. The van der Waals surface area contributed by atoms with E-state index in [4.69, 9.17) is 10.5 Å². The third kappa shape index (κ3) is 5.92. The van der Waals surface area contributed by atoms with Crippen LogP contribution in [0.15, 0.2) is 48.5 Å². The summed E-state index contributed by atoms with van der Waals surface area (Å²) in [6.07, 6.45) is -1.09. The maximum Gasteiger partial charge on any atom is 0.407 e. The molecule has 0 saturated heterocycles. The van der Waals surface area contributed by atoms with Crippen molar-refractivity contribution in [1.29, 1.82) is 0 Å². The average Bonchev–Trinajstić information content (AvgIpc) is 3.10. The van der Waals surface area contributed by atoms with Crippen LogP contribution in [-0.4, -0.2) is 47.7 Å². The molecule has 180 valence electrons. The van der Waals surface area contributed by atoms with Gasteiger partial charge < -0.3 is 26.2 Å². The smallest absolute Gasteiger partial charge is 0.407 e. The third-order valence-corrected chi connectivity index (χ3v) is 5.68. The first-order valence-corrected chi connectivity index (χ1v) is 11.1. The molecule has 0 unspecified atom stereocenters. The van der Waals surface area contributed by atoms with E-state index in [2.05, 4.69) is 10.6 Å². The van der Waals surface area contributed by atoms with Gasteiger partial charge in [0.05, 0.1) is 6.42 Å². The molecule has 9 nitrogen and oxygen atoms in total. The number of aliphatic carboxylic acids is 1. The zero-order chi connectivity index (χ0) is 24.8. The summed E-state index contributed by atoms with van der Waals surface area (Å²) in [4.78, 5) is 47.8.